The fourth-order valence-electron chi connectivity index (χ4n) is 2.65. The molecule has 1 saturated heterocycles. The molecule has 0 unspecified atom stereocenters. The number of ether oxygens (including phenoxy) is 1. The molecule has 0 spiro atoms. The van der Waals surface area contributed by atoms with Crippen LogP contribution in [0.2, 0.25) is 0 Å². The number of phenolic OH excluding ortho intramolecular Hbond substituents is 1. The van der Waals surface area contributed by atoms with Crippen molar-refractivity contribution >= 4 is 17.5 Å². The molecule has 1 aromatic rings. The number of piperidine rings is 1. The lowest BCUT2D eigenvalue weighted by Crippen LogP contribution is -2.36. The van der Waals surface area contributed by atoms with Crippen molar-refractivity contribution in [3.05, 3.63) is 33.4 Å². The normalized spacial score (nSPS) is 17.5. The SMILES string of the molecule is CCCN1CCC(=O)/C(=C/c2cc(OC)c(O)c([N+](=O)[O-])c2)C1. The number of carbonyl (C=O) groups is 1. The van der Waals surface area contributed by atoms with Gasteiger partial charge in [0, 0.05) is 31.1 Å². The minimum absolute atomic E-state index is 0.0136. The maximum atomic E-state index is 12.1. The zero-order valence-corrected chi connectivity index (χ0v) is 13.2. The molecule has 2 rings (SSSR count). The Kier molecular flexibility index (Phi) is 5.33. The predicted molar refractivity (Wildman–Crippen MR) is 85.6 cm³/mol. The maximum absolute atomic E-state index is 12.1. The minimum atomic E-state index is -0.675. The standard InChI is InChI=1S/C16H20N2O5/c1-3-5-17-6-4-14(19)12(10-17)7-11-8-13(18(21)22)16(20)15(9-11)23-2/h7-9,20H,3-6,10H2,1-2H3/b12-7+. The van der Waals surface area contributed by atoms with Crippen molar-refractivity contribution in [2.45, 2.75) is 19.8 Å². The second-order valence-corrected chi connectivity index (χ2v) is 5.47. The zero-order valence-electron chi connectivity index (χ0n) is 13.2. The van der Waals surface area contributed by atoms with Crippen LogP contribution in [0.15, 0.2) is 17.7 Å². The number of hydrogen-bond donors (Lipinski definition) is 1. The number of benzene rings is 1. The number of phenols is 1. The first kappa shape index (κ1) is 17.0. The summed E-state index contributed by atoms with van der Waals surface area (Å²) in [4.78, 5) is 24.6. The molecule has 0 aliphatic carbocycles. The van der Waals surface area contributed by atoms with Gasteiger partial charge >= 0.3 is 5.69 Å². The first-order valence-electron chi connectivity index (χ1n) is 7.47. The van der Waals surface area contributed by atoms with Gasteiger partial charge in [0.15, 0.2) is 11.5 Å². The number of aromatic hydroxyl groups is 1. The molecule has 0 amide bonds. The van der Waals surface area contributed by atoms with Gasteiger partial charge in [-0.05, 0) is 30.7 Å². The smallest absolute Gasteiger partial charge is 0.315 e. The molecule has 124 valence electrons. The number of nitrogens with zero attached hydrogens (tertiary/aromatic N) is 2. The molecule has 0 radical (unpaired) electrons. The van der Waals surface area contributed by atoms with Gasteiger partial charge in [-0.2, -0.15) is 0 Å². The number of methoxy groups -OCH3 is 1. The topological polar surface area (TPSA) is 92.9 Å². The summed E-state index contributed by atoms with van der Waals surface area (Å²) in [5, 5.41) is 20.8. The second kappa shape index (κ2) is 7.23. The molecule has 1 aromatic carbocycles. The van der Waals surface area contributed by atoms with Crippen LogP contribution in [0.3, 0.4) is 0 Å². The molecule has 1 heterocycles. The van der Waals surface area contributed by atoms with E-state index in [2.05, 4.69) is 11.8 Å². The van der Waals surface area contributed by atoms with Crippen molar-refractivity contribution in [3.8, 4) is 11.5 Å². The molecule has 0 bridgehead atoms. The molecule has 1 aliphatic rings. The fourth-order valence-corrected chi connectivity index (χ4v) is 2.65. The molecule has 0 atom stereocenters. The number of ketones is 1. The van der Waals surface area contributed by atoms with E-state index in [0.29, 0.717) is 24.1 Å². The number of likely N-dealkylation sites (tertiary alicyclic amines) is 1. The largest absolute Gasteiger partial charge is 0.500 e. The van der Waals surface area contributed by atoms with Crippen molar-refractivity contribution in [2.75, 3.05) is 26.7 Å². The van der Waals surface area contributed by atoms with Crippen LogP contribution in [0.4, 0.5) is 5.69 Å². The summed E-state index contributed by atoms with van der Waals surface area (Å²) in [6.07, 6.45) is 3.09. The van der Waals surface area contributed by atoms with Gasteiger partial charge in [-0.15, -0.1) is 0 Å². The van der Waals surface area contributed by atoms with Gasteiger partial charge in [0.2, 0.25) is 5.75 Å². The number of Topliss-reactive ketones (excluding diaryl/α,β-unsaturated/α-hetero) is 1. The van der Waals surface area contributed by atoms with Crippen molar-refractivity contribution in [3.63, 3.8) is 0 Å². The van der Waals surface area contributed by atoms with Crippen LogP contribution in [0.1, 0.15) is 25.3 Å². The van der Waals surface area contributed by atoms with E-state index in [1.54, 1.807) is 6.08 Å². The number of nitro groups is 1. The van der Waals surface area contributed by atoms with Crippen LogP contribution in [0.25, 0.3) is 6.08 Å². The third-order valence-corrected chi connectivity index (χ3v) is 3.78. The first-order chi connectivity index (χ1) is 11.0. The molecule has 0 saturated carbocycles. The molecule has 7 nitrogen and oxygen atoms in total. The Morgan fingerprint density at radius 2 is 2.22 bits per heavy atom. The van der Waals surface area contributed by atoms with Gasteiger partial charge < -0.3 is 9.84 Å². The van der Waals surface area contributed by atoms with Gasteiger partial charge in [0.25, 0.3) is 0 Å². The molecular weight excluding hydrogens is 300 g/mol. The fraction of sp³-hybridized carbons (Fsp3) is 0.438. The van der Waals surface area contributed by atoms with E-state index in [1.807, 2.05) is 0 Å². The van der Waals surface area contributed by atoms with Crippen molar-refractivity contribution in [2.24, 2.45) is 0 Å². The average Bonchev–Trinajstić information content (AvgIpc) is 2.52. The van der Waals surface area contributed by atoms with Crippen LogP contribution in [-0.4, -0.2) is 47.5 Å². The monoisotopic (exact) mass is 320 g/mol. The average molecular weight is 320 g/mol. The Morgan fingerprint density at radius 3 is 2.83 bits per heavy atom. The molecular formula is C16H20N2O5. The van der Waals surface area contributed by atoms with E-state index in [0.717, 1.165) is 19.5 Å². The summed E-state index contributed by atoms with van der Waals surface area (Å²) in [5.74, 6) is -0.450. The highest BCUT2D eigenvalue weighted by Crippen LogP contribution is 2.37. The first-order valence-corrected chi connectivity index (χ1v) is 7.47. The van der Waals surface area contributed by atoms with E-state index >= 15 is 0 Å². The molecule has 7 heteroatoms. The quantitative estimate of drug-likeness (QED) is 0.508. The Bertz CT molecular complexity index is 654. The van der Waals surface area contributed by atoms with E-state index in [9.17, 15) is 20.0 Å². The number of carbonyl (C=O) groups excluding carboxylic acids is 1. The highest BCUT2D eigenvalue weighted by atomic mass is 16.6. The number of hydrogen-bond acceptors (Lipinski definition) is 6. The van der Waals surface area contributed by atoms with E-state index in [-0.39, 0.29) is 11.5 Å². The lowest BCUT2D eigenvalue weighted by Gasteiger charge is -2.27. The number of rotatable bonds is 5. The van der Waals surface area contributed by atoms with Crippen LogP contribution in [-0.2, 0) is 4.79 Å². The van der Waals surface area contributed by atoms with Crippen LogP contribution < -0.4 is 4.74 Å². The third kappa shape index (κ3) is 3.87. The van der Waals surface area contributed by atoms with Gasteiger partial charge in [0.05, 0.1) is 12.0 Å². The lowest BCUT2D eigenvalue weighted by atomic mass is 9.99. The number of nitro benzene ring substituents is 1. The highest BCUT2D eigenvalue weighted by Gasteiger charge is 2.23. The van der Waals surface area contributed by atoms with E-state index in [1.165, 1.54) is 19.2 Å². The summed E-state index contributed by atoms with van der Waals surface area (Å²) in [6.45, 7) is 4.25. The summed E-state index contributed by atoms with van der Waals surface area (Å²) in [6, 6.07) is 2.73. The summed E-state index contributed by atoms with van der Waals surface area (Å²) in [5.41, 5.74) is 0.643. The molecule has 23 heavy (non-hydrogen) atoms. The van der Waals surface area contributed by atoms with Crippen LogP contribution >= 0.6 is 0 Å². The van der Waals surface area contributed by atoms with Crippen LogP contribution in [0, 0.1) is 10.1 Å². The summed E-state index contributed by atoms with van der Waals surface area (Å²) < 4.78 is 4.97. The van der Waals surface area contributed by atoms with Crippen molar-refractivity contribution in [1.29, 1.82) is 0 Å². The van der Waals surface area contributed by atoms with Gasteiger partial charge in [-0.25, -0.2) is 0 Å². The maximum Gasteiger partial charge on any atom is 0.315 e. The lowest BCUT2D eigenvalue weighted by molar-refractivity contribution is -0.386. The van der Waals surface area contributed by atoms with Crippen molar-refractivity contribution in [1.82, 2.24) is 4.90 Å². The third-order valence-electron chi connectivity index (χ3n) is 3.78. The summed E-state index contributed by atoms with van der Waals surface area (Å²) >= 11 is 0. The predicted octanol–water partition coefficient (Wildman–Crippen LogP) is 2.38. The van der Waals surface area contributed by atoms with E-state index in [4.69, 9.17) is 4.74 Å². The molecule has 0 aromatic heterocycles. The molecule has 1 N–H and O–H groups in total. The minimum Gasteiger partial charge on any atom is -0.500 e. The zero-order chi connectivity index (χ0) is 17.0. The Labute approximate surface area is 134 Å². The van der Waals surface area contributed by atoms with Crippen molar-refractivity contribution < 1.29 is 19.6 Å². The van der Waals surface area contributed by atoms with Crippen LogP contribution in [0.5, 0.6) is 11.5 Å². The van der Waals surface area contributed by atoms with Gasteiger partial charge in [-0.1, -0.05) is 6.92 Å². The van der Waals surface area contributed by atoms with Gasteiger partial charge in [0.1, 0.15) is 0 Å². The summed E-state index contributed by atoms with van der Waals surface area (Å²) in [7, 11) is 1.32. The Balaban J connectivity index is 2.38. The van der Waals surface area contributed by atoms with Gasteiger partial charge in [-0.3, -0.25) is 19.8 Å². The van der Waals surface area contributed by atoms with E-state index < -0.39 is 16.4 Å². The second-order valence-electron chi connectivity index (χ2n) is 5.47. The Morgan fingerprint density at radius 1 is 1.48 bits per heavy atom. The Hall–Kier alpha value is -2.41. The highest BCUT2D eigenvalue weighted by molar-refractivity contribution is 6.00. The molecule has 1 fully saturated rings. The molecule has 1 aliphatic heterocycles.